The molecule has 0 atom stereocenters. The van der Waals surface area contributed by atoms with E-state index in [0.29, 0.717) is 6.10 Å². The zero-order chi connectivity index (χ0) is 7.82. The van der Waals surface area contributed by atoms with Gasteiger partial charge in [0.1, 0.15) is 0 Å². The highest BCUT2D eigenvalue weighted by atomic mass is 16.3. The van der Waals surface area contributed by atoms with Crippen molar-refractivity contribution in [2.75, 3.05) is 0 Å². The third-order valence-electron chi connectivity index (χ3n) is 1.64. The average Bonchev–Trinajstić information content (AvgIpc) is 1.97. The molecule has 0 bridgehead atoms. The molecule has 0 spiro atoms. The van der Waals surface area contributed by atoms with Gasteiger partial charge in [-0.3, -0.25) is 0 Å². The fourth-order valence-corrected chi connectivity index (χ4v) is 0.887. The van der Waals surface area contributed by atoms with Crippen molar-refractivity contribution in [3.63, 3.8) is 0 Å². The smallest absolute Gasteiger partial charge is 0.0933 e. The molecule has 1 heteroatoms. The predicted molar refractivity (Wildman–Crippen MR) is 44.2 cm³/mol. The number of unbranched alkanes of at least 4 members (excludes halogenated alkanes) is 2. The first-order chi connectivity index (χ1) is 4.81. The highest BCUT2D eigenvalue weighted by molar-refractivity contribution is 4.73. The largest absolute Gasteiger partial charge is 0.387 e. The Morgan fingerprint density at radius 3 is 1.70 bits per heavy atom. The third kappa shape index (κ3) is 6.09. The van der Waals surface area contributed by atoms with Crippen LogP contribution in [0.25, 0.3) is 0 Å². The van der Waals surface area contributed by atoms with Gasteiger partial charge in [-0.2, -0.15) is 0 Å². The summed E-state index contributed by atoms with van der Waals surface area (Å²) in [5.41, 5.74) is 0. The maximum atomic E-state index is 9.23. The lowest BCUT2D eigenvalue weighted by Crippen LogP contribution is -1.94. The Morgan fingerprint density at radius 1 is 1.00 bits per heavy atom. The van der Waals surface area contributed by atoms with Crippen LogP contribution < -0.4 is 0 Å². The van der Waals surface area contributed by atoms with Gasteiger partial charge in [-0.25, -0.2) is 0 Å². The maximum absolute atomic E-state index is 9.23. The van der Waals surface area contributed by atoms with Crippen LogP contribution in [0.2, 0.25) is 0 Å². The lowest BCUT2D eigenvalue weighted by Gasteiger charge is -2.06. The van der Waals surface area contributed by atoms with Crippen molar-refractivity contribution in [1.82, 2.24) is 0 Å². The van der Waals surface area contributed by atoms with E-state index in [2.05, 4.69) is 13.8 Å². The van der Waals surface area contributed by atoms with E-state index < -0.39 is 0 Å². The Labute approximate surface area is 64.5 Å². The van der Waals surface area contributed by atoms with E-state index in [1.165, 1.54) is 12.8 Å². The van der Waals surface area contributed by atoms with Crippen LogP contribution in [0.3, 0.4) is 0 Å². The van der Waals surface area contributed by atoms with Crippen LogP contribution in [0.1, 0.15) is 52.4 Å². The van der Waals surface area contributed by atoms with E-state index in [1.54, 1.807) is 0 Å². The second-order valence-corrected chi connectivity index (χ2v) is 2.77. The molecule has 0 saturated carbocycles. The molecule has 0 aliphatic rings. The van der Waals surface area contributed by atoms with Crippen LogP contribution >= 0.6 is 0 Å². The molecule has 0 aromatic carbocycles. The quantitative estimate of drug-likeness (QED) is 0.605. The van der Waals surface area contributed by atoms with E-state index in [0.717, 1.165) is 25.7 Å². The van der Waals surface area contributed by atoms with Crippen LogP contribution in [0.5, 0.6) is 0 Å². The van der Waals surface area contributed by atoms with Crippen LogP contribution in [0.4, 0.5) is 0 Å². The molecule has 0 aromatic heterocycles. The Balaban J connectivity index is 3.00. The van der Waals surface area contributed by atoms with Crippen molar-refractivity contribution >= 4 is 0 Å². The molecule has 0 aromatic rings. The Kier molecular flexibility index (Phi) is 7.04. The van der Waals surface area contributed by atoms with Gasteiger partial charge >= 0.3 is 0 Å². The van der Waals surface area contributed by atoms with Gasteiger partial charge < -0.3 is 5.11 Å². The first-order valence-electron chi connectivity index (χ1n) is 4.34. The summed E-state index contributed by atoms with van der Waals surface area (Å²) in [7, 11) is 0. The molecule has 0 fully saturated rings. The molecule has 0 aliphatic heterocycles. The van der Waals surface area contributed by atoms with Crippen LogP contribution in [0.15, 0.2) is 0 Å². The summed E-state index contributed by atoms with van der Waals surface area (Å²) in [6.45, 7) is 4.29. The van der Waals surface area contributed by atoms with Gasteiger partial charge in [0.2, 0.25) is 0 Å². The van der Waals surface area contributed by atoms with Crippen LogP contribution in [0, 0.1) is 6.10 Å². The molecule has 0 rings (SSSR count). The highest BCUT2D eigenvalue weighted by Gasteiger charge is 2.02. The second-order valence-electron chi connectivity index (χ2n) is 2.77. The molecule has 1 nitrogen and oxygen atoms in total. The summed E-state index contributed by atoms with van der Waals surface area (Å²) in [4.78, 5) is 0. The van der Waals surface area contributed by atoms with Gasteiger partial charge in [0.05, 0.1) is 6.10 Å². The van der Waals surface area contributed by atoms with Gasteiger partial charge in [-0.15, -0.1) is 0 Å². The minimum atomic E-state index is 0.698. The molecule has 0 amide bonds. The Hall–Kier alpha value is -0.0400. The number of hydrogen-bond acceptors (Lipinski definition) is 1. The third-order valence-corrected chi connectivity index (χ3v) is 1.64. The molecule has 1 radical (unpaired) electrons. The van der Waals surface area contributed by atoms with E-state index in [9.17, 15) is 5.11 Å². The summed E-state index contributed by atoms with van der Waals surface area (Å²) in [5.74, 6) is 0. The molecule has 0 unspecified atom stereocenters. The molecular formula is C9H19O. The normalized spacial score (nSPS) is 10.8. The van der Waals surface area contributed by atoms with Gasteiger partial charge in [0.25, 0.3) is 0 Å². The standard InChI is InChI=1S/C9H19O/c1-3-5-7-9(10)8-6-4-2/h10H,3-8H2,1-2H3. The van der Waals surface area contributed by atoms with Crippen molar-refractivity contribution in [1.29, 1.82) is 0 Å². The molecular weight excluding hydrogens is 124 g/mol. The van der Waals surface area contributed by atoms with Gasteiger partial charge in [-0.1, -0.05) is 39.5 Å². The zero-order valence-electron chi connectivity index (χ0n) is 7.19. The van der Waals surface area contributed by atoms with E-state index >= 15 is 0 Å². The summed E-state index contributed by atoms with van der Waals surface area (Å²) < 4.78 is 0. The molecule has 0 saturated heterocycles. The first-order valence-corrected chi connectivity index (χ1v) is 4.34. The summed E-state index contributed by atoms with van der Waals surface area (Å²) in [6, 6.07) is 0. The lowest BCUT2D eigenvalue weighted by molar-refractivity contribution is 0.260. The number of aliphatic hydroxyl groups excluding tert-OH is 1. The van der Waals surface area contributed by atoms with Crippen molar-refractivity contribution in [3.05, 3.63) is 6.10 Å². The average molecular weight is 143 g/mol. The number of hydrogen-bond donors (Lipinski definition) is 1. The van der Waals surface area contributed by atoms with Gasteiger partial charge in [0.15, 0.2) is 0 Å². The van der Waals surface area contributed by atoms with Crippen molar-refractivity contribution in [3.8, 4) is 0 Å². The molecule has 61 valence electrons. The van der Waals surface area contributed by atoms with E-state index in [1.807, 2.05) is 0 Å². The minimum Gasteiger partial charge on any atom is -0.387 e. The molecule has 0 aliphatic carbocycles. The summed E-state index contributed by atoms with van der Waals surface area (Å²) >= 11 is 0. The number of rotatable bonds is 6. The summed E-state index contributed by atoms with van der Waals surface area (Å²) in [6.07, 6.45) is 7.15. The molecule has 0 heterocycles. The second kappa shape index (κ2) is 7.07. The van der Waals surface area contributed by atoms with Crippen LogP contribution in [-0.2, 0) is 0 Å². The van der Waals surface area contributed by atoms with Crippen LogP contribution in [-0.4, -0.2) is 5.11 Å². The number of aliphatic hydroxyl groups is 1. The zero-order valence-corrected chi connectivity index (χ0v) is 7.19. The summed E-state index contributed by atoms with van der Waals surface area (Å²) in [5, 5.41) is 9.23. The van der Waals surface area contributed by atoms with Gasteiger partial charge in [0, 0.05) is 0 Å². The van der Waals surface area contributed by atoms with E-state index in [-0.39, 0.29) is 0 Å². The molecule has 10 heavy (non-hydrogen) atoms. The topological polar surface area (TPSA) is 20.2 Å². The Bertz CT molecular complexity index is 53.7. The van der Waals surface area contributed by atoms with E-state index in [4.69, 9.17) is 0 Å². The predicted octanol–water partition coefficient (Wildman–Crippen LogP) is 3.27. The SMILES string of the molecule is CCCC[C](O)CCCC. The fourth-order valence-electron chi connectivity index (χ4n) is 0.887. The van der Waals surface area contributed by atoms with Crippen molar-refractivity contribution < 1.29 is 5.11 Å². The molecule has 1 N–H and O–H groups in total. The monoisotopic (exact) mass is 143 g/mol. The first kappa shape index (κ1) is 9.96. The highest BCUT2D eigenvalue weighted by Crippen LogP contribution is 2.14. The minimum absolute atomic E-state index is 0.698. The van der Waals surface area contributed by atoms with Crippen molar-refractivity contribution in [2.45, 2.75) is 52.4 Å². The van der Waals surface area contributed by atoms with Gasteiger partial charge in [-0.05, 0) is 12.8 Å². The maximum Gasteiger partial charge on any atom is 0.0933 e. The Morgan fingerprint density at radius 2 is 1.40 bits per heavy atom. The van der Waals surface area contributed by atoms with Crippen molar-refractivity contribution in [2.24, 2.45) is 0 Å². The fraction of sp³-hybridized carbons (Fsp3) is 0.889. The lowest BCUT2D eigenvalue weighted by atomic mass is 10.1.